The quantitative estimate of drug-likeness (QED) is 0.631. The van der Waals surface area contributed by atoms with E-state index >= 15 is 0 Å². The van der Waals surface area contributed by atoms with E-state index in [0.717, 1.165) is 16.9 Å². The van der Waals surface area contributed by atoms with Gasteiger partial charge < -0.3 is 0 Å². The van der Waals surface area contributed by atoms with Crippen molar-refractivity contribution in [3.63, 3.8) is 0 Å². The molecule has 2 aromatic carbocycles. The molecule has 0 aromatic heterocycles. The molecule has 1 aliphatic heterocycles. The summed E-state index contributed by atoms with van der Waals surface area (Å²) in [6, 6.07) is 10.9. The molecule has 1 aliphatic rings. The van der Waals surface area contributed by atoms with Crippen molar-refractivity contribution in [3.8, 4) is 0 Å². The van der Waals surface area contributed by atoms with Crippen molar-refractivity contribution in [1.29, 1.82) is 0 Å². The number of aryl methyl sites for hydroxylation is 1. The maximum atomic E-state index is 12.8. The SMILES string of the molecule is CCc1ccc(N2C(=O)NC(=O)C(=Cc3ccc(Cl)c(Cl)c3)C2=O)cc1. The van der Waals surface area contributed by atoms with Gasteiger partial charge in [0.25, 0.3) is 11.8 Å². The van der Waals surface area contributed by atoms with Gasteiger partial charge in [-0.05, 0) is 47.9 Å². The molecule has 5 nitrogen and oxygen atoms in total. The standard InChI is InChI=1S/C19H14Cl2N2O3/c1-2-11-3-6-13(7-4-11)23-18(25)14(17(24)22-19(23)26)9-12-5-8-15(20)16(21)10-12/h3-10H,2H2,1H3,(H,22,24,26). The van der Waals surface area contributed by atoms with Gasteiger partial charge in [0.2, 0.25) is 0 Å². The van der Waals surface area contributed by atoms with Crippen LogP contribution in [0.4, 0.5) is 10.5 Å². The van der Waals surface area contributed by atoms with Crippen LogP contribution >= 0.6 is 23.2 Å². The van der Waals surface area contributed by atoms with Crippen LogP contribution in [0.5, 0.6) is 0 Å². The highest BCUT2D eigenvalue weighted by Crippen LogP contribution is 2.26. The third-order valence-corrected chi connectivity index (χ3v) is 4.70. The van der Waals surface area contributed by atoms with E-state index in [0.29, 0.717) is 21.3 Å². The van der Waals surface area contributed by atoms with Crippen molar-refractivity contribution in [2.75, 3.05) is 4.90 Å². The first-order valence-electron chi connectivity index (χ1n) is 7.86. The van der Waals surface area contributed by atoms with Crippen LogP contribution < -0.4 is 10.2 Å². The van der Waals surface area contributed by atoms with Gasteiger partial charge in [-0.15, -0.1) is 0 Å². The molecule has 4 amide bonds. The molecule has 0 spiro atoms. The summed E-state index contributed by atoms with van der Waals surface area (Å²) in [5.74, 6) is -1.46. The van der Waals surface area contributed by atoms with Crippen molar-refractivity contribution >= 4 is 52.8 Å². The van der Waals surface area contributed by atoms with E-state index in [1.54, 1.807) is 24.3 Å². The lowest BCUT2D eigenvalue weighted by atomic mass is 10.1. The zero-order valence-electron chi connectivity index (χ0n) is 13.8. The number of amides is 4. The van der Waals surface area contributed by atoms with E-state index in [1.165, 1.54) is 12.1 Å². The van der Waals surface area contributed by atoms with E-state index in [4.69, 9.17) is 23.2 Å². The Labute approximate surface area is 160 Å². The minimum Gasteiger partial charge on any atom is -0.273 e. The fourth-order valence-electron chi connectivity index (χ4n) is 2.54. The molecular formula is C19H14Cl2N2O3. The van der Waals surface area contributed by atoms with Crippen molar-refractivity contribution in [2.45, 2.75) is 13.3 Å². The van der Waals surface area contributed by atoms with E-state index in [2.05, 4.69) is 5.32 Å². The van der Waals surface area contributed by atoms with Crippen LogP contribution in [-0.4, -0.2) is 17.8 Å². The number of hydrogen-bond donors (Lipinski definition) is 1. The number of carbonyl (C=O) groups excluding carboxylic acids is 3. The van der Waals surface area contributed by atoms with Crippen LogP contribution in [0.25, 0.3) is 6.08 Å². The maximum Gasteiger partial charge on any atom is 0.335 e. The molecule has 0 aliphatic carbocycles. The Bertz CT molecular complexity index is 936. The molecule has 0 radical (unpaired) electrons. The summed E-state index contributed by atoms with van der Waals surface area (Å²) in [4.78, 5) is 38.0. The number of imide groups is 2. The van der Waals surface area contributed by atoms with Crippen LogP contribution in [0.15, 0.2) is 48.0 Å². The van der Waals surface area contributed by atoms with Gasteiger partial charge in [0.15, 0.2) is 0 Å². The van der Waals surface area contributed by atoms with E-state index in [9.17, 15) is 14.4 Å². The van der Waals surface area contributed by atoms with Crippen LogP contribution in [-0.2, 0) is 16.0 Å². The van der Waals surface area contributed by atoms with Gasteiger partial charge in [0.05, 0.1) is 15.7 Å². The number of nitrogens with zero attached hydrogens (tertiary/aromatic N) is 1. The molecule has 132 valence electrons. The fourth-order valence-corrected chi connectivity index (χ4v) is 2.85. The number of rotatable bonds is 3. The molecule has 0 saturated carbocycles. The Hall–Kier alpha value is -2.63. The number of hydrogen-bond acceptors (Lipinski definition) is 3. The molecule has 0 unspecified atom stereocenters. The fraction of sp³-hybridized carbons (Fsp3) is 0.105. The maximum absolute atomic E-state index is 12.8. The van der Waals surface area contributed by atoms with Crippen molar-refractivity contribution in [2.24, 2.45) is 0 Å². The Morgan fingerprint density at radius 3 is 2.31 bits per heavy atom. The first kappa shape index (κ1) is 18.2. The molecule has 26 heavy (non-hydrogen) atoms. The molecule has 1 N–H and O–H groups in total. The first-order chi connectivity index (χ1) is 12.4. The van der Waals surface area contributed by atoms with Crippen LogP contribution in [0.3, 0.4) is 0 Å². The van der Waals surface area contributed by atoms with Crippen LogP contribution in [0, 0.1) is 0 Å². The zero-order chi connectivity index (χ0) is 18.8. The lowest BCUT2D eigenvalue weighted by molar-refractivity contribution is -0.122. The second kappa shape index (κ2) is 7.32. The number of anilines is 1. The third-order valence-electron chi connectivity index (χ3n) is 3.96. The third kappa shape index (κ3) is 3.49. The molecule has 1 fully saturated rings. The molecule has 1 heterocycles. The highest BCUT2D eigenvalue weighted by atomic mass is 35.5. The second-order valence-corrected chi connectivity index (χ2v) is 6.47. The van der Waals surface area contributed by atoms with Gasteiger partial charge in [-0.2, -0.15) is 0 Å². The minimum atomic E-state index is -0.782. The topological polar surface area (TPSA) is 66.5 Å². The van der Waals surface area contributed by atoms with Gasteiger partial charge in [0, 0.05) is 0 Å². The number of urea groups is 1. The largest absolute Gasteiger partial charge is 0.335 e. The minimum absolute atomic E-state index is 0.164. The highest BCUT2D eigenvalue weighted by molar-refractivity contribution is 6.42. The number of halogens is 2. The average molecular weight is 389 g/mol. The first-order valence-corrected chi connectivity index (χ1v) is 8.61. The second-order valence-electron chi connectivity index (χ2n) is 5.65. The van der Waals surface area contributed by atoms with Crippen LogP contribution in [0.1, 0.15) is 18.1 Å². The molecule has 7 heteroatoms. The van der Waals surface area contributed by atoms with E-state index in [1.807, 2.05) is 19.1 Å². The molecule has 1 saturated heterocycles. The summed E-state index contributed by atoms with van der Waals surface area (Å²) < 4.78 is 0. The predicted molar refractivity (Wildman–Crippen MR) is 101 cm³/mol. The Kier molecular flexibility index (Phi) is 5.11. The number of nitrogens with one attached hydrogen (secondary N) is 1. The summed E-state index contributed by atoms with van der Waals surface area (Å²) in [5, 5.41) is 2.84. The summed E-state index contributed by atoms with van der Waals surface area (Å²) in [5.41, 5.74) is 1.81. The Morgan fingerprint density at radius 1 is 1.00 bits per heavy atom. The lowest BCUT2D eigenvalue weighted by Gasteiger charge is -2.26. The average Bonchev–Trinajstić information content (AvgIpc) is 2.62. The summed E-state index contributed by atoms with van der Waals surface area (Å²) in [6.45, 7) is 2.00. The van der Waals surface area contributed by atoms with Crippen molar-refractivity contribution < 1.29 is 14.4 Å². The summed E-state index contributed by atoms with van der Waals surface area (Å²) in [6.07, 6.45) is 2.21. The van der Waals surface area contributed by atoms with E-state index < -0.39 is 17.8 Å². The van der Waals surface area contributed by atoms with Crippen LogP contribution in [0.2, 0.25) is 10.0 Å². The number of barbiturate groups is 1. The monoisotopic (exact) mass is 388 g/mol. The Balaban J connectivity index is 1.99. The smallest absolute Gasteiger partial charge is 0.273 e. The summed E-state index contributed by atoms with van der Waals surface area (Å²) in [7, 11) is 0. The van der Waals surface area contributed by atoms with Gasteiger partial charge in [-0.3, -0.25) is 14.9 Å². The molecule has 0 bridgehead atoms. The lowest BCUT2D eigenvalue weighted by Crippen LogP contribution is -2.54. The number of benzene rings is 2. The molecule has 0 atom stereocenters. The van der Waals surface area contributed by atoms with Gasteiger partial charge >= 0.3 is 6.03 Å². The van der Waals surface area contributed by atoms with E-state index in [-0.39, 0.29) is 5.57 Å². The molecular weight excluding hydrogens is 375 g/mol. The predicted octanol–water partition coefficient (Wildman–Crippen LogP) is 4.22. The Morgan fingerprint density at radius 2 is 1.69 bits per heavy atom. The van der Waals surface area contributed by atoms with Gasteiger partial charge in [0.1, 0.15) is 5.57 Å². The van der Waals surface area contributed by atoms with Crippen molar-refractivity contribution in [1.82, 2.24) is 5.32 Å². The van der Waals surface area contributed by atoms with Gasteiger partial charge in [-0.1, -0.05) is 48.3 Å². The highest BCUT2D eigenvalue weighted by Gasteiger charge is 2.36. The van der Waals surface area contributed by atoms with Gasteiger partial charge in [-0.25, -0.2) is 9.69 Å². The zero-order valence-corrected chi connectivity index (χ0v) is 15.3. The molecule has 2 aromatic rings. The summed E-state index contributed by atoms with van der Waals surface area (Å²) >= 11 is 11.8. The van der Waals surface area contributed by atoms with Crippen molar-refractivity contribution in [3.05, 3.63) is 69.2 Å². The normalized spacial score (nSPS) is 16.2. The molecule has 3 rings (SSSR count). The number of carbonyl (C=O) groups is 3.